The van der Waals surface area contributed by atoms with E-state index >= 15 is 0 Å². The van der Waals surface area contributed by atoms with Crippen LogP contribution in [-0.2, 0) is 16.1 Å². The number of esters is 1. The molecule has 0 aliphatic rings. The van der Waals surface area contributed by atoms with E-state index in [1.807, 2.05) is 0 Å². The van der Waals surface area contributed by atoms with Crippen LogP contribution in [-0.4, -0.2) is 34.2 Å². The van der Waals surface area contributed by atoms with E-state index in [2.05, 4.69) is 10.3 Å². The maximum Gasteiger partial charge on any atom is 0.307 e. The minimum Gasteiger partial charge on any atom is -0.487 e. The monoisotopic (exact) mass is 407 g/mol. The standard InChI is InChI=1S/C18H15Cl2N3O4/c19-13-5-3-6-14(20)17(13)27-11-10-26-16(24)8-9-23-18(25)12-4-1-2-7-15(12)21-22-23/h1-7H,8-11H2. The number of aryl methyl sites for hydroxylation is 1. The van der Waals surface area contributed by atoms with E-state index in [0.29, 0.717) is 26.7 Å². The zero-order valence-corrected chi connectivity index (χ0v) is 15.6. The van der Waals surface area contributed by atoms with Gasteiger partial charge in [0.15, 0.2) is 5.75 Å². The van der Waals surface area contributed by atoms with Crippen LogP contribution in [0, 0.1) is 0 Å². The van der Waals surface area contributed by atoms with E-state index in [4.69, 9.17) is 32.7 Å². The van der Waals surface area contributed by atoms with Gasteiger partial charge in [-0.05, 0) is 24.3 Å². The number of aromatic nitrogens is 3. The lowest BCUT2D eigenvalue weighted by atomic mass is 10.2. The molecule has 9 heteroatoms. The minimum absolute atomic E-state index is 0.0141. The third-order valence-corrected chi connectivity index (χ3v) is 4.26. The van der Waals surface area contributed by atoms with Gasteiger partial charge >= 0.3 is 5.97 Å². The molecule has 0 bridgehead atoms. The molecule has 0 N–H and O–H groups in total. The number of hydrogen-bond donors (Lipinski definition) is 0. The Morgan fingerprint density at radius 2 is 1.78 bits per heavy atom. The molecule has 27 heavy (non-hydrogen) atoms. The average Bonchev–Trinajstić information content (AvgIpc) is 2.67. The normalized spacial score (nSPS) is 10.7. The molecule has 0 amide bonds. The van der Waals surface area contributed by atoms with Crippen LogP contribution < -0.4 is 10.3 Å². The van der Waals surface area contributed by atoms with Gasteiger partial charge in [0, 0.05) is 0 Å². The Bertz CT molecular complexity index is 1000. The van der Waals surface area contributed by atoms with Crippen LogP contribution in [0.2, 0.25) is 10.0 Å². The predicted molar refractivity (Wildman–Crippen MR) is 101 cm³/mol. The summed E-state index contributed by atoms with van der Waals surface area (Å²) in [7, 11) is 0. The summed E-state index contributed by atoms with van der Waals surface area (Å²) >= 11 is 12.0. The van der Waals surface area contributed by atoms with E-state index in [-0.39, 0.29) is 31.7 Å². The van der Waals surface area contributed by atoms with E-state index in [9.17, 15) is 9.59 Å². The van der Waals surface area contributed by atoms with Crippen LogP contribution in [0.25, 0.3) is 10.9 Å². The first-order valence-corrected chi connectivity index (χ1v) is 8.87. The molecule has 0 radical (unpaired) electrons. The maximum absolute atomic E-state index is 12.3. The number of halogens is 2. The third-order valence-electron chi connectivity index (χ3n) is 3.67. The first-order valence-electron chi connectivity index (χ1n) is 8.11. The quantitative estimate of drug-likeness (QED) is 0.441. The number of rotatable bonds is 7. The first kappa shape index (κ1) is 19.1. The number of fused-ring (bicyclic) bond motifs is 1. The summed E-state index contributed by atoms with van der Waals surface area (Å²) in [6, 6.07) is 11.9. The Hall–Kier alpha value is -2.64. The maximum atomic E-state index is 12.3. The molecular weight excluding hydrogens is 393 g/mol. The first-order chi connectivity index (χ1) is 13.1. The second-order valence-corrected chi connectivity index (χ2v) is 6.32. The molecule has 0 saturated heterocycles. The number of carbonyl (C=O) groups is 1. The molecule has 0 spiro atoms. The van der Waals surface area contributed by atoms with Crippen molar-refractivity contribution < 1.29 is 14.3 Å². The molecular formula is C18H15Cl2N3O4. The van der Waals surface area contributed by atoms with Crippen LogP contribution in [0.5, 0.6) is 5.75 Å². The number of ether oxygens (including phenoxy) is 2. The second kappa shape index (κ2) is 8.83. The van der Waals surface area contributed by atoms with Gasteiger partial charge in [-0.15, -0.1) is 5.10 Å². The Morgan fingerprint density at radius 1 is 1.04 bits per heavy atom. The van der Waals surface area contributed by atoms with Crippen molar-refractivity contribution in [1.82, 2.24) is 15.0 Å². The molecule has 0 aliphatic carbocycles. The topological polar surface area (TPSA) is 83.3 Å². The van der Waals surface area contributed by atoms with Crippen molar-refractivity contribution in [1.29, 1.82) is 0 Å². The van der Waals surface area contributed by atoms with Gasteiger partial charge in [0.05, 0.1) is 28.4 Å². The van der Waals surface area contributed by atoms with Gasteiger partial charge in [-0.1, -0.05) is 46.6 Å². The number of hydrogen-bond acceptors (Lipinski definition) is 6. The summed E-state index contributed by atoms with van der Waals surface area (Å²) in [6.07, 6.45) is -0.0141. The SMILES string of the molecule is O=C(CCn1nnc2ccccc2c1=O)OCCOc1c(Cl)cccc1Cl. The highest BCUT2D eigenvalue weighted by molar-refractivity contribution is 6.37. The van der Waals surface area contributed by atoms with Crippen molar-refractivity contribution in [2.45, 2.75) is 13.0 Å². The molecule has 7 nitrogen and oxygen atoms in total. The number of nitrogens with zero attached hydrogens (tertiary/aromatic N) is 3. The number of para-hydroxylation sites is 1. The summed E-state index contributed by atoms with van der Waals surface area (Å²) in [5.41, 5.74) is 0.210. The highest BCUT2D eigenvalue weighted by Gasteiger charge is 2.10. The Labute approximate surface area is 164 Å². The van der Waals surface area contributed by atoms with Gasteiger partial charge in [0.2, 0.25) is 0 Å². The zero-order valence-electron chi connectivity index (χ0n) is 14.1. The fraction of sp³-hybridized carbons (Fsp3) is 0.222. The van der Waals surface area contributed by atoms with Gasteiger partial charge in [-0.25, -0.2) is 4.68 Å². The third kappa shape index (κ3) is 4.75. The molecule has 3 rings (SSSR count). The van der Waals surface area contributed by atoms with Gasteiger partial charge in [0.1, 0.15) is 18.7 Å². The van der Waals surface area contributed by atoms with Crippen LogP contribution in [0.4, 0.5) is 0 Å². The Morgan fingerprint density at radius 3 is 2.56 bits per heavy atom. The summed E-state index contributed by atoms with van der Waals surface area (Å²) in [4.78, 5) is 24.1. The van der Waals surface area contributed by atoms with E-state index in [1.54, 1.807) is 42.5 Å². The molecule has 0 aliphatic heterocycles. The van der Waals surface area contributed by atoms with Crippen LogP contribution in [0.15, 0.2) is 47.3 Å². The van der Waals surface area contributed by atoms with Crippen molar-refractivity contribution in [2.75, 3.05) is 13.2 Å². The number of carbonyl (C=O) groups excluding carboxylic acids is 1. The molecule has 1 heterocycles. The summed E-state index contributed by atoms with van der Waals surface area (Å²) in [6.45, 7) is 0.205. The van der Waals surface area contributed by atoms with Crippen LogP contribution in [0.3, 0.4) is 0 Å². The lowest BCUT2D eigenvalue weighted by molar-refractivity contribution is -0.144. The van der Waals surface area contributed by atoms with Crippen molar-refractivity contribution in [3.05, 3.63) is 62.9 Å². The molecule has 0 fully saturated rings. The fourth-order valence-electron chi connectivity index (χ4n) is 2.36. The van der Waals surface area contributed by atoms with Gasteiger partial charge in [-0.3, -0.25) is 9.59 Å². The molecule has 0 unspecified atom stereocenters. The Balaban J connectivity index is 1.48. The smallest absolute Gasteiger partial charge is 0.307 e. The highest BCUT2D eigenvalue weighted by Crippen LogP contribution is 2.32. The number of benzene rings is 2. The molecule has 0 saturated carbocycles. The fourth-order valence-corrected chi connectivity index (χ4v) is 2.87. The molecule has 1 aromatic heterocycles. The van der Waals surface area contributed by atoms with Crippen LogP contribution in [0.1, 0.15) is 6.42 Å². The zero-order chi connectivity index (χ0) is 19.2. The van der Waals surface area contributed by atoms with E-state index < -0.39 is 5.97 Å². The predicted octanol–water partition coefficient (Wildman–Crippen LogP) is 3.11. The largest absolute Gasteiger partial charge is 0.487 e. The summed E-state index contributed by atoms with van der Waals surface area (Å²) in [5, 5.41) is 8.99. The molecule has 3 aromatic rings. The van der Waals surface area contributed by atoms with Gasteiger partial charge < -0.3 is 9.47 Å². The van der Waals surface area contributed by atoms with E-state index in [0.717, 1.165) is 4.68 Å². The summed E-state index contributed by atoms with van der Waals surface area (Å²) in [5.74, 6) is -0.138. The van der Waals surface area contributed by atoms with Crippen molar-refractivity contribution in [3.63, 3.8) is 0 Å². The van der Waals surface area contributed by atoms with Crippen molar-refractivity contribution >= 4 is 40.1 Å². The van der Waals surface area contributed by atoms with Crippen LogP contribution >= 0.6 is 23.2 Å². The Kier molecular flexibility index (Phi) is 6.26. The molecule has 2 aromatic carbocycles. The van der Waals surface area contributed by atoms with Crippen molar-refractivity contribution in [2.24, 2.45) is 0 Å². The molecule has 140 valence electrons. The van der Waals surface area contributed by atoms with Gasteiger partial charge in [-0.2, -0.15) is 0 Å². The lowest BCUT2D eigenvalue weighted by Crippen LogP contribution is -2.26. The minimum atomic E-state index is -0.481. The van der Waals surface area contributed by atoms with E-state index in [1.165, 1.54) is 0 Å². The molecule has 0 atom stereocenters. The summed E-state index contributed by atoms with van der Waals surface area (Å²) < 4.78 is 11.7. The highest BCUT2D eigenvalue weighted by atomic mass is 35.5. The van der Waals surface area contributed by atoms with Gasteiger partial charge in [0.25, 0.3) is 5.56 Å². The second-order valence-electron chi connectivity index (χ2n) is 5.50. The lowest BCUT2D eigenvalue weighted by Gasteiger charge is -2.10. The van der Waals surface area contributed by atoms with Crippen molar-refractivity contribution in [3.8, 4) is 5.75 Å². The average molecular weight is 408 g/mol.